The number of hydrogen-bond donors (Lipinski definition) is 0. The van der Waals surface area contributed by atoms with Crippen molar-refractivity contribution in [1.82, 2.24) is 0 Å². The van der Waals surface area contributed by atoms with Crippen molar-refractivity contribution in [3.63, 3.8) is 0 Å². The summed E-state index contributed by atoms with van der Waals surface area (Å²) in [5.74, 6) is 0.633. The Kier molecular flexibility index (Phi) is 2.33. The third kappa shape index (κ3) is 2.17. The van der Waals surface area contributed by atoms with Crippen LogP contribution in [-0.2, 0) is 13.8 Å². The average molecular weight is 225 g/mol. The largest absolute Gasteiger partial charge is 0.374 e. The van der Waals surface area contributed by atoms with Gasteiger partial charge in [0.1, 0.15) is 0 Å². The lowest BCUT2D eigenvalue weighted by Crippen LogP contribution is -2.48. The van der Waals surface area contributed by atoms with Crippen molar-refractivity contribution in [2.45, 2.75) is 31.3 Å². The molecule has 2 aliphatic heterocycles. The van der Waals surface area contributed by atoms with Gasteiger partial charge in [-0.15, -0.1) is 0 Å². The maximum Gasteiger partial charge on any atom is 0.235 e. The molecular weight excluding hydrogens is 212 g/mol. The monoisotopic (exact) mass is 224 g/mol. The standard InChI is InChI=1S/C8H13ClO3S/c9-13(10,11)6-8-3-1-7(2-4-8)5-12-8/h7H,1-6H2. The molecule has 0 aromatic rings. The molecule has 76 valence electrons. The van der Waals surface area contributed by atoms with Crippen LogP contribution in [0.3, 0.4) is 0 Å². The first-order valence-corrected chi connectivity index (χ1v) is 7.03. The van der Waals surface area contributed by atoms with Gasteiger partial charge in [-0.25, -0.2) is 8.42 Å². The first-order chi connectivity index (χ1) is 5.99. The van der Waals surface area contributed by atoms with E-state index in [-0.39, 0.29) is 5.75 Å². The minimum absolute atomic E-state index is 0.0196. The van der Waals surface area contributed by atoms with E-state index in [1.807, 2.05) is 0 Å². The zero-order chi connectivity index (χ0) is 9.53. The maximum absolute atomic E-state index is 11.0. The van der Waals surface area contributed by atoms with Crippen LogP contribution >= 0.6 is 10.7 Å². The first-order valence-electron chi connectivity index (χ1n) is 4.55. The molecule has 3 rings (SSSR count). The highest BCUT2D eigenvalue weighted by Crippen LogP contribution is 2.42. The molecule has 0 aromatic carbocycles. The fourth-order valence-electron chi connectivity index (χ4n) is 2.31. The summed E-state index contributed by atoms with van der Waals surface area (Å²) in [5.41, 5.74) is -0.449. The molecule has 0 radical (unpaired) electrons. The smallest absolute Gasteiger partial charge is 0.235 e. The van der Waals surface area contributed by atoms with Crippen LogP contribution in [0, 0.1) is 5.92 Å². The Morgan fingerprint density at radius 1 is 1.38 bits per heavy atom. The van der Waals surface area contributed by atoms with Crippen molar-refractivity contribution in [2.75, 3.05) is 12.4 Å². The Bertz CT molecular complexity index is 277. The highest BCUT2D eigenvalue weighted by atomic mass is 35.7. The molecule has 1 saturated carbocycles. The quantitative estimate of drug-likeness (QED) is 0.668. The molecule has 0 unspecified atom stereocenters. The summed E-state index contributed by atoms with van der Waals surface area (Å²) in [6.45, 7) is 0.715. The van der Waals surface area contributed by atoms with E-state index < -0.39 is 14.7 Å². The highest BCUT2D eigenvalue weighted by Gasteiger charge is 2.44. The van der Waals surface area contributed by atoms with Crippen LogP contribution in [0.5, 0.6) is 0 Å². The van der Waals surface area contributed by atoms with Gasteiger partial charge in [0.15, 0.2) is 0 Å². The fourth-order valence-corrected chi connectivity index (χ4v) is 3.91. The third-order valence-corrected chi connectivity index (χ3v) is 4.28. The van der Waals surface area contributed by atoms with Crippen molar-refractivity contribution in [1.29, 1.82) is 0 Å². The van der Waals surface area contributed by atoms with Crippen LogP contribution in [0.2, 0.25) is 0 Å². The van der Waals surface area contributed by atoms with E-state index in [2.05, 4.69) is 0 Å². The predicted molar refractivity (Wildman–Crippen MR) is 50.3 cm³/mol. The van der Waals surface area contributed by atoms with Crippen LogP contribution in [-0.4, -0.2) is 26.4 Å². The maximum atomic E-state index is 11.0. The number of hydrogen-bond acceptors (Lipinski definition) is 3. The molecule has 2 bridgehead atoms. The molecule has 0 amide bonds. The van der Waals surface area contributed by atoms with Crippen molar-refractivity contribution in [2.24, 2.45) is 5.92 Å². The van der Waals surface area contributed by atoms with E-state index in [1.165, 1.54) is 0 Å². The zero-order valence-electron chi connectivity index (χ0n) is 7.33. The lowest BCUT2D eigenvalue weighted by atomic mass is 9.77. The molecule has 3 nitrogen and oxygen atoms in total. The molecule has 0 spiro atoms. The van der Waals surface area contributed by atoms with Crippen LogP contribution in [0.4, 0.5) is 0 Å². The Morgan fingerprint density at radius 3 is 2.38 bits per heavy atom. The Balaban J connectivity index is 2.11. The second kappa shape index (κ2) is 3.11. The van der Waals surface area contributed by atoms with Gasteiger partial charge in [0, 0.05) is 10.7 Å². The van der Waals surface area contributed by atoms with E-state index in [0.29, 0.717) is 12.5 Å². The van der Waals surface area contributed by atoms with Crippen LogP contribution in [0.1, 0.15) is 25.7 Å². The molecule has 2 saturated heterocycles. The normalized spacial score (nSPS) is 39.3. The van der Waals surface area contributed by atoms with Crippen molar-refractivity contribution >= 4 is 19.7 Å². The van der Waals surface area contributed by atoms with Gasteiger partial charge in [0.05, 0.1) is 18.0 Å². The number of fused-ring (bicyclic) bond motifs is 3. The first kappa shape index (κ1) is 9.74. The third-order valence-electron chi connectivity index (χ3n) is 3.08. The molecule has 3 aliphatic rings. The van der Waals surface area contributed by atoms with E-state index in [0.717, 1.165) is 25.7 Å². The Hall–Kier alpha value is 0.200. The summed E-state index contributed by atoms with van der Waals surface area (Å²) in [5, 5.41) is 0. The molecule has 13 heavy (non-hydrogen) atoms. The summed E-state index contributed by atoms with van der Waals surface area (Å²) in [6.07, 6.45) is 3.88. The summed E-state index contributed by atoms with van der Waals surface area (Å²) in [7, 11) is 1.82. The summed E-state index contributed by atoms with van der Waals surface area (Å²) >= 11 is 0. The lowest BCUT2D eigenvalue weighted by molar-refractivity contribution is -0.129. The second-order valence-corrected chi connectivity index (χ2v) is 6.90. The molecule has 1 aliphatic carbocycles. The average Bonchev–Trinajstić information content (AvgIpc) is 2.03. The van der Waals surface area contributed by atoms with Gasteiger partial charge in [-0.05, 0) is 31.6 Å². The molecule has 2 heterocycles. The molecule has 0 aromatic heterocycles. The number of rotatable bonds is 2. The molecular formula is C8H13ClO3S. The van der Waals surface area contributed by atoms with Crippen LogP contribution < -0.4 is 0 Å². The zero-order valence-corrected chi connectivity index (χ0v) is 8.90. The van der Waals surface area contributed by atoms with Gasteiger partial charge in [-0.1, -0.05) is 0 Å². The number of halogens is 1. The Morgan fingerprint density at radius 2 is 2.00 bits per heavy atom. The highest BCUT2D eigenvalue weighted by molar-refractivity contribution is 8.13. The molecule has 0 atom stereocenters. The second-order valence-electron chi connectivity index (χ2n) is 4.12. The minimum atomic E-state index is -3.42. The number of ether oxygens (including phenoxy) is 1. The predicted octanol–water partition coefficient (Wildman–Crippen LogP) is 1.51. The van der Waals surface area contributed by atoms with Gasteiger partial charge >= 0.3 is 0 Å². The van der Waals surface area contributed by atoms with Crippen LogP contribution in [0.15, 0.2) is 0 Å². The van der Waals surface area contributed by atoms with Gasteiger partial charge in [0.2, 0.25) is 9.05 Å². The fraction of sp³-hybridized carbons (Fsp3) is 1.00. The van der Waals surface area contributed by atoms with E-state index in [9.17, 15) is 8.42 Å². The minimum Gasteiger partial charge on any atom is -0.374 e. The van der Waals surface area contributed by atoms with Gasteiger partial charge in [-0.3, -0.25) is 0 Å². The van der Waals surface area contributed by atoms with Gasteiger partial charge in [0.25, 0.3) is 0 Å². The molecule has 3 fully saturated rings. The topological polar surface area (TPSA) is 43.4 Å². The molecule has 5 heteroatoms. The summed E-state index contributed by atoms with van der Waals surface area (Å²) in [6, 6.07) is 0. The van der Waals surface area contributed by atoms with E-state index in [1.54, 1.807) is 0 Å². The summed E-state index contributed by atoms with van der Waals surface area (Å²) in [4.78, 5) is 0. The van der Waals surface area contributed by atoms with Crippen molar-refractivity contribution < 1.29 is 13.2 Å². The van der Waals surface area contributed by atoms with E-state index in [4.69, 9.17) is 15.4 Å². The van der Waals surface area contributed by atoms with Gasteiger partial charge < -0.3 is 4.74 Å². The Labute approximate surface area is 82.8 Å². The van der Waals surface area contributed by atoms with Crippen molar-refractivity contribution in [3.05, 3.63) is 0 Å². The summed E-state index contributed by atoms with van der Waals surface area (Å²) < 4.78 is 27.5. The van der Waals surface area contributed by atoms with Gasteiger partial charge in [-0.2, -0.15) is 0 Å². The SMILES string of the molecule is O=S(=O)(Cl)CC12CCC(CC1)CO2. The van der Waals surface area contributed by atoms with Crippen molar-refractivity contribution in [3.8, 4) is 0 Å². The van der Waals surface area contributed by atoms with E-state index >= 15 is 0 Å². The lowest BCUT2D eigenvalue weighted by Gasteiger charge is -2.45. The molecule has 0 N–H and O–H groups in total. The van der Waals surface area contributed by atoms with Crippen LogP contribution in [0.25, 0.3) is 0 Å².